The number of nitrogens with zero attached hydrogens (tertiary/aromatic N) is 1. The first-order chi connectivity index (χ1) is 11.6. The molecule has 2 aromatic rings. The molecular formula is C22H31NO. The van der Waals surface area contributed by atoms with Gasteiger partial charge in [0.1, 0.15) is 5.75 Å². The Morgan fingerprint density at radius 3 is 2.25 bits per heavy atom. The summed E-state index contributed by atoms with van der Waals surface area (Å²) in [4.78, 5) is 4.49. The van der Waals surface area contributed by atoms with Gasteiger partial charge in [0, 0.05) is 17.0 Å². The van der Waals surface area contributed by atoms with Crippen LogP contribution >= 0.6 is 0 Å². The van der Waals surface area contributed by atoms with Gasteiger partial charge in [0.25, 0.3) is 0 Å². The number of aryl methyl sites for hydroxylation is 3. The minimum Gasteiger partial charge on any atom is -0.493 e. The Hall–Kier alpha value is -1.83. The highest BCUT2D eigenvalue weighted by Gasteiger charge is 2.11. The lowest BCUT2D eigenvalue weighted by atomic mass is 9.99. The number of aromatic nitrogens is 1. The predicted octanol–water partition coefficient (Wildman–Crippen LogP) is 6.41. The zero-order chi connectivity index (χ0) is 17.4. The van der Waals surface area contributed by atoms with Crippen molar-refractivity contribution >= 4 is 0 Å². The number of ether oxygens (including phenoxy) is 1. The third-order valence-corrected chi connectivity index (χ3v) is 4.36. The van der Waals surface area contributed by atoms with E-state index in [-0.39, 0.29) is 0 Å². The number of hydrogen-bond acceptors (Lipinski definition) is 2. The van der Waals surface area contributed by atoms with Crippen LogP contribution in [-0.2, 0) is 0 Å². The van der Waals surface area contributed by atoms with Crippen LogP contribution in [0.1, 0.15) is 62.4 Å². The summed E-state index contributed by atoms with van der Waals surface area (Å²) in [5.74, 6) is 0.994. The Labute approximate surface area is 147 Å². The van der Waals surface area contributed by atoms with Crippen molar-refractivity contribution in [2.45, 2.75) is 66.2 Å². The first kappa shape index (κ1) is 18.5. The first-order valence-electron chi connectivity index (χ1n) is 9.30. The fourth-order valence-electron chi connectivity index (χ4n) is 3.17. The van der Waals surface area contributed by atoms with Crippen molar-refractivity contribution in [3.05, 3.63) is 47.3 Å². The van der Waals surface area contributed by atoms with Gasteiger partial charge in [-0.05, 0) is 56.5 Å². The number of benzene rings is 1. The molecule has 1 heterocycles. The molecule has 0 saturated carbocycles. The van der Waals surface area contributed by atoms with Crippen LogP contribution in [-0.4, -0.2) is 11.6 Å². The summed E-state index contributed by atoms with van der Waals surface area (Å²) in [5, 5.41) is 0. The maximum Gasteiger partial charge on any atom is 0.127 e. The highest BCUT2D eigenvalue weighted by Crippen LogP contribution is 2.34. The molecule has 2 heteroatoms. The maximum atomic E-state index is 6.14. The second-order valence-corrected chi connectivity index (χ2v) is 6.70. The normalized spacial score (nSPS) is 10.8. The van der Waals surface area contributed by atoms with Crippen LogP contribution in [0, 0.1) is 20.8 Å². The third-order valence-electron chi connectivity index (χ3n) is 4.36. The minimum atomic E-state index is 0.797. The van der Waals surface area contributed by atoms with E-state index in [0.717, 1.165) is 30.2 Å². The second-order valence-electron chi connectivity index (χ2n) is 6.70. The van der Waals surface area contributed by atoms with Crippen LogP contribution in [0.3, 0.4) is 0 Å². The van der Waals surface area contributed by atoms with E-state index in [1.165, 1.54) is 48.8 Å². The molecule has 0 radical (unpaired) electrons. The molecular weight excluding hydrogens is 294 g/mol. The van der Waals surface area contributed by atoms with Crippen LogP contribution in [0.4, 0.5) is 0 Å². The van der Waals surface area contributed by atoms with Crippen LogP contribution in [0.15, 0.2) is 30.3 Å². The zero-order valence-electron chi connectivity index (χ0n) is 15.7. The SMILES string of the molecule is CCCCCCCCOc1cccc(C)c1-c1cc(C)nc(C)c1. The van der Waals surface area contributed by atoms with Gasteiger partial charge in [0.2, 0.25) is 0 Å². The standard InChI is InChI=1S/C22H31NO/c1-5-6-7-8-9-10-14-24-21-13-11-12-17(2)22(21)20-15-18(3)23-19(4)16-20/h11-13,15-16H,5-10,14H2,1-4H3. The number of pyridine rings is 1. The van der Waals surface area contributed by atoms with Crippen LogP contribution in [0.25, 0.3) is 11.1 Å². The molecule has 2 rings (SSSR count). The van der Waals surface area contributed by atoms with Crippen molar-refractivity contribution in [2.24, 2.45) is 0 Å². The molecule has 0 bridgehead atoms. The molecule has 24 heavy (non-hydrogen) atoms. The van der Waals surface area contributed by atoms with Gasteiger partial charge in [0.15, 0.2) is 0 Å². The predicted molar refractivity (Wildman–Crippen MR) is 103 cm³/mol. The molecule has 1 aromatic carbocycles. The summed E-state index contributed by atoms with van der Waals surface area (Å²) >= 11 is 0. The topological polar surface area (TPSA) is 22.1 Å². The summed E-state index contributed by atoms with van der Waals surface area (Å²) in [7, 11) is 0. The van der Waals surface area contributed by atoms with E-state index in [9.17, 15) is 0 Å². The van der Waals surface area contributed by atoms with E-state index >= 15 is 0 Å². The average molecular weight is 325 g/mol. The molecule has 0 aliphatic carbocycles. The summed E-state index contributed by atoms with van der Waals surface area (Å²) in [6.45, 7) is 9.30. The Morgan fingerprint density at radius 1 is 0.875 bits per heavy atom. The lowest BCUT2D eigenvalue weighted by molar-refractivity contribution is 0.305. The van der Waals surface area contributed by atoms with Crippen molar-refractivity contribution in [2.75, 3.05) is 6.61 Å². The van der Waals surface area contributed by atoms with Crippen LogP contribution in [0.5, 0.6) is 5.75 Å². The van der Waals surface area contributed by atoms with Gasteiger partial charge < -0.3 is 4.74 Å². The molecule has 0 aliphatic rings. The van der Waals surface area contributed by atoms with Gasteiger partial charge in [-0.25, -0.2) is 0 Å². The molecule has 1 aromatic heterocycles. The molecule has 0 spiro atoms. The van der Waals surface area contributed by atoms with Gasteiger partial charge in [-0.1, -0.05) is 51.2 Å². The maximum absolute atomic E-state index is 6.14. The lowest BCUT2D eigenvalue weighted by Crippen LogP contribution is -2.00. The molecule has 0 aliphatic heterocycles. The Morgan fingerprint density at radius 2 is 1.54 bits per heavy atom. The highest BCUT2D eigenvalue weighted by molar-refractivity contribution is 5.74. The van der Waals surface area contributed by atoms with Crippen molar-refractivity contribution in [3.8, 4) is 16.9 Å². The van der Waals surface area contributed by atoms with Gasteiger partial charge >= 0.3 is 0 Å². The monoisotopic (exact) mass is 325 g/mol. The molecule has 0 unspecified atom stereocenters. The van der Waals surface area contributed by atoms with Crippen LogP contribution in [0.2, 0.25) is 0 Å². The van der Waals surface area contributed by atoms with Gasteiger partial charge in [-0.15, -0.1) is 0 Å². The van der Waals surface area contributed by atoms with E-state index < -0.39 is 0 Å². The largest absolute Gasteiger partial charge is 0.493 e. The number of rotatable bonds is 9. The van der Waals surface area contributed by atoms with E-state index in [1.807, 2.05) is 13.8 Å². The van der Waals surface area contributed by atoms with Crippen molar-refractivity contribution in [1.82, 2.24) is 4.98 Å². The Kier molecular flexibility index (Phi) is 7.30. The smallest absolute Gasteiger partial charge is 0.127 e. The third kappa shape index (κ3) is 5.36. The van der Waals surface area contributed by atoms with Crippen molar-refractivity contribution < 1.29 is 4.74 Å². The molecule has 130 valence electrons. The first-order valence-corrected chi connectivity index (χ1v) is 9.30. The van der Waals surface area contributed by atoms with Gasteiger partial charge in [0.05, 0.1) is 6.61 Å². The Bertz CT molecular complexity index is 628. The summed E-state index contributed by atoms with van der Waals surface area (Å²) in [6.07, 6.45) is 7.71. The van der Waals surface area contributed by atoms with Crippen molar-refractivity contribution in [1.29, 1.82) is 0 Å². The van der Waals surface area contributed by atoms with E-state index in [2.05, 4.69) is 49.2 Å². The lowest BCUT2D eigenvalue weighted by Gasteiger charge is -2.15. The van der Waals surface area contributed by atoms with E-state index in [1.54, 1.807) is 0 Å². The summed E-state index contributed by atoms with van der Waals surface area (Å²) in [6, 6.07) is 10.6. The van der Waals surface area contributed by atoms with E-state index in [4.69, 9.17) is 4.74 Å². The summed E-state index contributed by atoms with van der Waals surface area (Å²) in [5.41, 5.74) is 5.76. The fraction of sp³-hybridized carbons (Fsp3) is 0.500. The zero-order valence-corrected chi connectivity index (χ0v) is 15.7. The van der Waals surface area contributed by atoms with Gasteiger partial charge in [-0.3, -0.25) is 4.98 Å². The molecule has 0 amide bonds. The number of hydrogen-bond donors (Lipinski definition) is 0. The molecule has 0 saturated heterocycles. The van der Waals surface area contributed by atoms with Crippen molar-refractivity contribution in [3.63, 3.8) is 0 Å². The molecule has 2 nitrogen and oxygen atoms in total. The number of unbranched alkanes of at least 4 members (excludes halogenated alkanes) is 5. The quantitative estimate of drug-likeness (QED) is 0.497. The van der Waals surface area contributed by atoms with Crippen LogP contribution < -0.4 is 4.74 Å². The summed E-state index contributed by atoms with van der Waals surface area (Å²) < 4.78 is 6.14. The second kappa shape index (κ2) is 9.46. The molecule has 0 atom stereocenters. The Balaban J connectivity index is 2.04. The van der Waals surface area contributed by atoms with E-state index in [0.29, 0.717) is 0 Å². The fourth-order valence-corrected chi connectivity index (χ4v) is 3.17. The van der Waals surface area contributed by atoms with Gasteiger partial charge in [-0.2, -0.15) is 0 Å². The minimum absolute atomic E-state index is 0.797. The average Bonchev–Trinajstić information content (AvgIpc) is 2.53. The molecule has 0 fully saturated rings. The molecule has 0 N–H and O–H groups in total. The highest BCUT2D eigenvalue weighted by atomic mass is 16.5.